The van der Waals surface area contributed by atoms with Crippen molar-refractivity contribution in [3.63, 3.8) is 0 Å². The third-order valence-corrected chi connectivity index (χ3v) is 11.4. The van der Waals surface area contributed by atoms with Crippen LogP contribution < -0.4 is 9.64 Å². The van der Waals surface area contributed by atoms with Crippen molar-refractivity contribution in [2.75, 3.05) is 63.8 Å². The molecule has 13 heteroatoms. The van der Waals surface area contributed by atoms with Gasteiger partial charge in [0, 0.05) is 62.9 Å². The summed E-state index contributed by atoms with van der Waals surface area (Å²) in [5, 5.41) is 9.99. The second kappa shape index (κ2) is 12.9. The molecule has 0 spiro atoms. The number of nitrogens with zero attached hydrogens (tertiary/aromatic N) is 5. The van der Waals surface area contributed by atoms with Crippen molar-refractivity contribution in [1.29, 1.82) is 0 Å². The molecule has 3 saturated heterocycles. The van der Waals surface area contributed by atoms with Gasteiger partial charge < -0.3 is 19.6 Å². The molecule has 0 atom stereocenters. The maximum Gasteiger partial charge on any atom is 0.573 e. The molecule has 45 heavy (non-hydrogen) atoms. The van der Waals surface area contributed by atoms with Crippen molar-refractivity contribution in [2.45, 2.75) is 60.8 Å². The Morgan fingerprint density at radius 2 is 1.44 bits per heavy atom. The number of halogens is 3. The summed E-state index contributed by atoms with van der Waals surface area (Å²) in [6.45, 7) is 10.8. The van der Waals surface area contributed by atoms with Gasteiger partial charge in [0.15, 0.2) is 0 Å². The van der Waals surface area contributed by atoms with Crippen LogP contribution in [0.15, 0.2) is 58.5 Å². The molecule has 1 aromatic heterocycles. The van der Waals surface area contributed by atoms with Crippen LogP contribution in [-0.4, -0.2) is 111 Å². The first-order chi connectivity index (χ1) is 21.5. The summed E-state index contributed by atoms with van der Waals surface area (Å²) in [6, 6.07) is 10.00. The van der Waals surface area contributed by atoms with E-state index >= 15 is 0 Å². The number of fused-ring (bicyclic) bond motifs is 1. The summed E-state index contributed by atoms with van der Waals surface area (Å²) in [4.78, 5) is 13.8. The van der Waals surface area contributed by atoms with Crippen molar-refractivity contribution in [3.8, 4) is 11.5 Å². The molecule has 3 aliphatic heterocycles. The molecule has 0 aliphatic carbocycles. The molecule has 0 saturated carbocycles. The molecule has 4 heterocycles. The number of ether oxygens (including phenoxy) is 1. The van der Waals surface area contributed by atoms with E-state index in [9.17, 15) is 26.7 Å². The average molecular weight is 648 g/mol. The molecular formula is C32H40F3N5O4S. The van der Waals surface area contributed by atoms with Crippen LogP contribution in [0.2, 0.25) is 0 Å². The van der Waals surface area contributed by atoms with Gasteiger partial charge in [0.25, 0.3) is 0 Å². The van der Waals surface area contributed by atoms with E-state index in [1.165, 1.54) is 61.5 Å². The molecule has 6 rings (SSSR count). The zero-order valence-corrected chi connectivity index (χ0v) is 26.2. The maximum atomic E-state index is 13.9. The lowest BCUT2D eigenvalue weighted by atomic mass is 9.99. The highest BCUT2D eigenvalue weighted by atomic mass is 32.2. The van der Waals surface area contributed by atoms with Gasteiger partial charge in [0.05, 0.1) is 16.1 Å². The van der Waals surface area contributed by atoms with Crippen LogP contribution in [-0.2, 0) is 9.84 Å². The number of aromatic hydroxyl groups is 1. The van der Waals surface area contributed by atoms with E-state index in [1.807, 2.05) is 4.90 Å². The third kappa shape index (κ3) is 7.01. The van der Waals surface area contributed by atoms with Crippen molar-refractivity contribution in [1.82, 2.24) is 19.7 Å². The van der Waals surface area contributed by atoms with Crippen LogP contribution in [0.25, 0.3) is 10.9 Å². The number of sulfone groups is 1. The Bertz CT molecular complexity index is 1580. The van der Waals surface area contributed by atoms with Crippen LogP contribution in [0.3, 0.4) is 0 Å². The van der Waals surface area contributed by atoms with Crippen molar-refractivity contribution >= 4 is 26.4 Å². The predicted molar refractivity (Wildman–Crippen MR) is 166 cm³/mol. The summed E-state index contributed by atoms with van der Waals surface area (Å²) in [5.41, 5.74) is 0.689. The molecule has 0 bridgehead atoms. The lowest BCUT2D eigenvalue weighted by molar-refractivity contribution is -0.274. The fourth-order valence-electron chi connectivity index (χ4n) is 7.13. The van der Waals surface area contributed by atoms with Crippen molar-refractivity contribution < 1.29 is 31.4 Å². The van der Waals surface area contributed by atoms with E-state index in [0.29, 0.717) is 36.4 Å². The van der Waals surface area contributed by atoms with Crippen LogP contribution >= 0.6 is 0 Å². The number of hydrogen-bond acceptors (Lipinski definition) is 9. The van der Waals surface area contributed by atoms with Gasteiger partial charge in [0.2, 0.25) is 9.84 Å². The second-order valence-electron chi connectivity index (χ2n) is 12.2. The van der Waals surface area contributed by atoms with Gasteiger partial charge in [-0.1, -0.05) is 6.92 Å². The number of likely N-dealkylation sites (tertiary alicyclic amines) is 1. The van der Waals surface area contributed by atoms with Crippen molar-refractivity contribution in [3.05, 3.63) is 48.7 Å². The first-order valence-corrected chi connectivity index (χ1v) is 17.2. The molecule has 9 nitrogen and oxygen atoms in total. The van der Waals surface area contributed by atoms with E-state index in [1.54, 1.807) is 0 Å². The smallest absolute Gasteiger partial charge is 0.508 e. The van der Waals surface area contributed by atoms with Crippen molar-refractivity contribution in [2.24, 2.45) is 0 Å². The third-order valence-electron chi connectivity index (χ3n) is 9.61. The number of piperazine rings is 1. The monoisotopic (exact) mass is 647 g/mol. The number of rotatable bonds is 7. The zero-order chi connectivity index (χ0) is 31.8. The number of pyridine rings is 1. The molecule has 244 valence electrons. The minimum atomic E-state index is -4.90. The molecule has 3 aromatic rings. The Balaban J connectivity index is 1.23. The fourth-order valence-corrected chi connectivity index (χ4v) is 8.57. The number of hydrogen-bond donors (Lipinski definition) is 1. The SMILES string of the molecule is CCN1CCC(N2CCN(C3CCN(c4c(S(=O)(=O)c5ccc(O)cc5)cnc5ccc(OC(F)(F)F)cc45)CC3)CC2)CC1. The Kier molecular flexibility index (Phi) is 9.15. The van der Waals surface area contributed by atoms with E-state index in [4.69, 9.17) is 0 Å². The van der Waals surface area contributed by atoms with Gasteiger partial charge in [0.1, 0.15) is 16.4 Å². The fraction of sp³-hybridized carbons (Fsp3) is 0.531. The lowest BCUT2D eigenvalue weighted by Gasteiger charge is -2.46. The Morgan fingerprint density at radius 3 is 2.00 bits per heavy atom. The summed E-state index contributed by atoms with van der Waals surface area (Å²) >= 11 is 0. The molecule has 2 aromatic carbocycles. The minimum Gasteiger partial charge on any atom is -0.508 e. The molecule has 1 N–H and O–H groups in total. The van der Waals surface area contributed by atoms with Gasteiger partial charge in [-0.2, -0.15) is 0 Å². The molecule has 0 radical (unpaired) electrons. The summed E-state index contributed by atoms with van der Waals surface area (Å²) in [6.07, 6.45) is 0.424. The number of phenols is 1. The van der Waals surface area contributed by atoms with Gasteiger partial charge in [-0.15, -0.1) is 13.2 Å². The molecular weight excluding hydrogens is 607 g/mol. The molecule has 3 aliphatic rings. The highest BCUT2D eigenvalue weighted by molar-refractivity contribution is 7.91. The number of anilines is 1. The molecule has 0 unspecified atom stereocenters. The topological polar surface area (TPSA) is 89.5 Å². The zero-order valence-electron chi connectivity index (χ0n) is 25.4. The first kappa shape index (κ1) is 31.8. The quantitative estimate of drug-likeness (QED) is 0.391. The van der Waals surface area contributed by atoms with Crippen LogP contribution in [0.5, 0.6) is 11.5 Å². The highest BCUT2D eigenvalue weighted by Gasteiger charge is 2.35. The minimum absolute atomic E-state index is 0.0430. The first-order valence-electron chi connectivity index (χ1n) is 15.7. The summed E-state index contributed by atoms with van der Waals surface area (Å²) in [7, 11) is -4.13. The Morgan fingerprint density at radius 1 is 0.867 bits per heavy atom. The number of alkyl halides is 3. The Hall–Kier alpha value is -3.13. The van der Waals surface area contributed by atoms with E-state index in [0.717, 1.165) is 58.7 Å². The standard InChI is InChI=1S/C32H40F3N5O4S/c1-2-37-13-9-23(10-14-37)38-17-19-39(20-18-38)24-11-15-40(16-12-24)31-28-21-26(44-32(33,34)35)5-8-29(28)36-22-30(31)45(42,43)27-6-3-25(41)4-7-27/h3-8,21-24,41H,2,9-20H2,1H3. The van der Waals surface area contributed by atoms with Crippen LogP contribution in [0, 0.1) is 0 Å². The van der Waals surface area contributed by atoms with Crippen LogP contribution in [0.4, 0.5) is 18.9 Å². The number of benzene rings is 2. The van der Waals surface area contributed by atoms with E-state index < -0.39 is 21.9 Å². The second-order valence-corrected chi connectivity index (χ2v) is 14.1. The predicted octanol–water partition coefficient (Wildman–Crippen LogP) is 4.74. The number of aromatic nitrogens is 1. The van der Waals surface area contributed by atoms with Gasteiger partial charge in [-0.25, -0.2) is 8.42 Å². The van der Waals surface area contributed by atoms with Crippen LogP contribution in [0.1, 0.15) is 32.6 Å². The van der Waals surface area contributed by atoms with Gasteiger partial charge in [-0.3, -0.25) is 14.8 Å². The van der Waals surface area contributed by atoms with E-state index in [2.05, 4.69) is 31.3 Å². The number of phenolic OH excluding ortho intramolecular Hbond substituents is 1. The summed E-state index contributed by atoms with van der Waals surface area (Å²) in [5.74, 6) is -0.519. The average Bonchev–Trinajstić information content (AvgIpc) is 3.04. The maximum absolute atomic E-state index is 13.9. The molecule has 3 fully saturated rings. The number of piperidine rings is 2. The highest BCUT2D eigenvalue weighted by Crippen LogP contribution is 2.40. The largest absolute Gasteiger partial charge is 0.573 e. The summed E-state index contributed by atoms with van der Waals surface area (Å²) < 4.78 is 71.4. The normalized spacial score (nSPS) is 20.6. The van der Waals surface area contributed by atoms with Gasteiger partial charge >= 0.3 is 6.36 Å². The Labute approximate surface area is 262 Å². The van der Waals surface area contributed by atoms with E-state index in [-0.39, 0.29) is 20.9 Å². The molecule has 0 amide bonds. The lowest BCUT2D eigenvalue weighted by Crippen LogP contribution is -2.56. The van der Waals surface area contributed by atoms with Gasteiger partial charge in [-0.05, 0) is 87.8 Å².